The number of ether oxygens (including phenoxy) is 2. The van der Waals surface area contributed by atoms with Crippen LogP contribution in [0.3, 0.4) is 0 Å². The van der Waals surface area contributed by atoms with Crippen LogP contribution < -0.4 is 4.74 Å². The van der Waals surface area contributed by atoms with Gasteiger partial charge in [-0.3, -0.25) is 4.79 Å². The molecule has 128 valence electrons. The van der Waals surface area contributed by atoms with Gasteiger partial charge in [0.25, 0.3) is 0 Å². The van der Waals surface area contributed by atoms with Gasteiger partial charge < -0.3 is 14.4 Å². The molecule has 3 heterocycles. The average Bonchev–Trinajstić information content (AvgIpc) is 2.64. The molecule has 2 saturated heterocycles. The van der Waals surface area contributed by atoms with Crippen LogP contribution in [-0.4, -0.2) is 48.2 Å². The summed E-state index contributed by atoms with van der Waals surface area (Å²) in [6, 6.07) is 6.12. The van der Waals surface area contributed by atoms with Crippen molar-refractivity contribution in [2.45, 2.75) is 38.7 Å². The van der Waals surface area contributed by atoms with E-state index in [2.05, 4.69) is 11.1 Å². The summed E-state index contributed by atoms with van der Waals surface area (Å²) < 4.78 is 11.3. The zero-order valence-corrected chi connectivity index (χ0v) is 14.0. The molecule has 0 spiro atoms. The maximum Gasteiger partial charge on any atom is 0.243 e. The molecule has 0 aliphatic carbocycles. The molecular weight excluding hydrogens is 306 g/mol. The number of carbonyl (C=O) groups is 1. The summed E-state index contributed by atoms with van der Waals surface area (Å²) in [5, 5.41) is 9.53. The Bertz CT molecular complexity index is 627. The van der Waals surface area contributed by atoms with Crippen LogP contribution in [0.25, 0.3) is 0 Å². The number of nitrogens with zero attached hydrogens (tertiary/aromatic N) is 3. The SMILES string of the molecule is Cc1cccnc1OC1CCN(C(=O)C2(C#N)CCOCC2)CC1. The number of aryl methyl sites for hydroxylation is 1. The Kier molecular flexibility index (Phi) is 5.00. The van der Waals surface area contributed by atoms with Crippen molar-refractivity contribution < 1.29 is 14.3 Å². The number of nitriles is 1. The average molecular weight is 329 g/mol. The Morgan fingerprint density at radius 2 is 2.12 bits per heavy atom. The monoisotopic (exact) mass is 329 g/mol. The first-order valence-electron chi connectivity index (χ1n) is 8.51. The summed E-state index contributed by atoms with van der Waals surface area (Å²) in [4.78, 5) is 18.9. The van der Waals surface area contributed by atoms with Crippen molar-refractivity contribution in [2.75, 3.05) is 26.3 Å². The Morgan fingerprint density at radius 1 is 1.42 bits per heavy atom. The molecule has 3 rings (SSSR count). The molecule has 6 heteroatoms. The van der Waals surface area contributed by atoms with E-state index in [1.807, 2.05) is 24.0 Å². The van der Waals surface area contributed by atoms with Crippen molar-refractivity contribution in [3.8, 4) is 11.9 Å². The normalized spacial score (nSPS) is 21.1. The summed E-state index contributed by atoms with van der Waals surface area (Å²) >= 11 is 0. The van der Waals surface area contributed by atoms with Gasteiger partial charge in [-0.05, 0) is 25.8 Å². The molecule has 0 bridgehead atoms. The Balaban J connectivity index is 1.58. The van der Waals surface area contributed by atoms with Gasteiger partial charge in [-0.1, -0.05) is 6.07 Å². The van der Waals surface area contributed by atoms with Gasteiger partial charge in [0.15, 0.2) is 0 Å². The molecule has 1 amide bonds. The molecule has 24 heavy (non-hydrogen) atoms. The van der Waals surface area contributed by atoms with Gasteiger partial charge in [-0.2, -0.15) is 5.26 Å². The second-order valence-electron chi connectivity index (χ2n) is 6.54. The highest BCUT2D eigenvalue weighted by atomic mass is 16.5. The zero-order chi connectivity index (χ0) is 17.0. The lowest BCUT2D eigenvalue weighted by Gasteiger charge is -2.38. The van der Waals surface area contributed by atoms with Crippen molar-refractivity contribution in [3.05, 3.63) is 23.9 Å². The number of likely N-dealkylation sites (tertiary alicyclic amines) is 1. The van der Waals surface area contributed by atoms with E-state index in [4.69, 9.17) is 9.47 Å². The topological polar surface area (TPSA) is 75.5 Å². The fourth-order valence-corrected chi connectivity index (χ4v) is 3.33. The van der Waals surface area contributed by atoms with Gasteiger partial charge in [-0.25, -0.2) is 4.98 Å². The molecule has 2 aliphatic rings. The van der Waals surface area contributed by atoms with Gasteiger partial charge in [0, 0.05) is 50.9 Å². The molecule has 1 aromatic heterocycles. The van der Waals surface area contributed by atoms with Crippen LogP contribution in [-0.2, 0) is 9.53 Å². The number of aromatic nitrogens is 1. The smallest absolute Gasteiger partial charge is 0.243 e. The van der Waals surface area contributed by atoms with Crippen LogP contribution in [0, 0.1) is 23.7 Å². The highest BCUT2D eigenvalue weighted by Crippen LogP contribution is 2.33. The Hall–Kier alpha value is -2.13. The van der Waals surface area contributed by atoms with Crippen LogP contribution in [0.1, 0.15) is 31.2 Å². The molecule has 0 radical (unpaired) electrons. The molecule has 0 atom stereocenters. The van der Waals surface area contributed by atoms with Crippen molar-refractivity contribution in [2.24, 2.45) is 5.41 Å². The summed E-state index contributed by atoms with van der Waals surface area (Å²) in [5.74, 6) is 0.626. The quantitative estimate of drug-likeness (QED) is 0.848. The van der Waals surface area contributed by atoms with Crippen molar-refractivity contribution in [1.82, 2.24) is 9.88 Å². The van der Waals surface area contributed by atoms with Crippen LogP contribution in [0.2, 0.25) is 0 Å². The summed E-state index contributed by atoms with van der Waals surface area (Å²) in [6.07, 6.45) is 4.30. The third kappa shape index (κ3) is 3.36. The molecule has 0 N–H and O–H groups in total. The molecular formula is C18H23N3O3. The second kappa shape index (κ2) is 7.18. The first-order valence-corrected chi connectivity index (χ1v) is 8.51. The predicted octanol–water partition coefficient (Wildman–Crippen LogP) is 2.08. The van der Waals surface area contributed by atoms with Crippen LogP contribution in [0.4, 0.5) is 0 Å². The van der Waals surface area contributed by atoms with Gasteiger partial charge in [0.05, 0.1) is 6.07 Å². The highest BCUT2D eigenvalue weighted by molar-refractivity contribution is 5.85. The van der Waals surface area contributed by atoms with E-state index in [0.29, 0.717) is 45.0 Å². The molecule has 0 unspecified atom stereocenters. The van der Waals surface area contributed by atoms with E-state index >= 15 is 0 Å². The predicted molar refractivity (Wildman–Crippen MR) is 87.3 cm³/mol. The summed E-state index contributed by atoms with van der Waals surface area (Å²) in [7, 11) is 0. The van der Waals surface area contributed by atoms with Crippen molar-refractivity contribution in [1.29, 1.82) is 5.26 Å². The van der Waals surface area contributed by atoms with E-state index in [-0.39, 0.29) is 12.0 Å². The first kappa shape index (κ1) is 16.7. The lowest BCUT2D eigenvalue weighted by Crippen LogP contribution is -2.50. The molecule has 6 nitrogen and oxygen atoms in total. The van der Waals surface area contributed by atoms with E-state index in [9.17, 15) is 10.1 Å². The Morgan fingerprint density at radius 3 is 2.75 bits per heavy atom. The minimum Gasteiger partial charge on any atom is -0.474 e. The van der Waals surface area contributed by atoms with Gasteiger partial charge in [0.1, 0.15) is 11.5 Å². The number of rotatable bonds is 3. The number of hydrogen-bond donors (Lipinski definition) is 0. The molecule has 2 fully saturated rings. The largest absolute Gasteiger partial charge is 0.474 e. The minimum absolute atomic E-state index is 0.0410. The third-order valence-electron chi connectivity index (χ3n) is 4.94. The Labute approximate surface area is 142 Å². The van der Waals surface area contributed by atoms with Crippen LogP contribution >= 0.6 is 0 Å². The lowest BCUT2D eigenvalue weighted by molar-refractivity contribution is -0.145. The maximum atomic E-state index is 12.8. The maximum absolute atomic E-state index is 12.8. The zero-order valence-electron chi connectivity index (χ0n) is 14.0. The van der Waals surface area contributed by atoms with Gasteiger partial charge in [0.2, 0.25) is 11.8 Å². The third-order valence-corrected chi connectivity index (χ3v) is 4.94. The number of hydrogen-bond acceptors (Lipinski definition) is 5. The van der Waals surface area contributed by atoms with Gasteiger partial charge >= 0.3 is 0 Å². The number of piperidine rings is 1. The van der Waals surface area contributed by atoms with Gasteiger partial charge in [-0.15, -0.1) is 0 Å². The first-order chi connectivity index (χ1) is 11.6. The summed E-state index contributed by atoms with van der Waals surface area (Å²) in [6.45, 7) is 4.19. The second-order valence-corrected chi connectivity index (χ2v) is 6.54. The summed E-state index contributed by atoms with van der Waals surface area (Å²) in [5.41, 5.74) is 0.116. The van der Waals surface area contributed by atoms with E-state index in [0.717, 1.165) is 18.4 Å². The highest BCUT2D eigenvalue weighted by Gasteiger charge is 2.43. The van der Waals surface area contributed by atoms with Crippen LogP contribution in [0.5, 0.6) is 5.88 Å². The fraction of sp³-hybridized carbons (Fsp3) is 0.611. The van der Waals surface area contributed by atoms with E-state index < -0.39 is 5.41 Å². The standard InChI is InChI=1S/C18H23N3O3/c1-14-3-2-8-20-16(14)24-15-4-9-21(10-5-15)17(22)18(13-19)6-11-23-12-7-18/h2-3,8,15H,4-7,9-12H2,1H3. The number of pyridine rings is 1. The molecule has 0 saturated carbocycles. The van der Waals surface area contributed by atoms with Crippen molar-refractivity contribution >= 4 is 5.91 Å². The van der Waals surface area contributed by atoms with E-state index in [1.54, 1.807) is 6.20 Å². The number of carbonyl (C=O) groups excluding carboxylic acids is 1. The number of amides is 1. The molecule has 0 aromatic carbocycles. The fourth-order valence-electron chi connectivity index (χ4n) is 3.33. The lowest BCUT2D eigenvalue weighted by atomic mass is 9.80. The van der Waals surface area contributed by atoms with Crippen LogP contribution in [0.15, 0.2) is 18.3 Å². The van der Waals surface area contributed by atoms with E-state index in [1.165, 1.54) is 0 Å². The minimum atomic E-state index is -0.899. The van der Waals surface area contributed by atoms with Crippen molar-refractivity contribution in [3.63, 3.8) is 0 Å². The molecule has 2 aliphatic heterocycles. The molecule has 1 aromatic rings.